The molecule has 3 rings (SSSR count). The second kappa shape index (κ2) is 7.33. The molecule has 0 bridgehead atoms. The third-order valence-electron chi connectivity index (χ3n) is 5.75. The lowest BCUT2D eigenvalue weighted by Crippen LogP contribution is -2.39. The van der Waals surface area contributed by atoms with Gasteiger partial charge in [0.05, 0.1) is 12.8 Å². The van der Waals surface area contributed by atoms with Crippen LogP contribution in [0.4, 0.5) is 11.4 Å². The lowest BCUT2D eigenvalue weighted by Gasteiger charge is -2.39. The molecule has 0 aromatic heterocycles. The molecule has 1 atom stereocenters. The van der Waals surface area contributed by atoms with Crippen molar-refractivity contribution >= 4 is 23.1 Å². The Kier molecular flexibility index (Phi) is 5.33. The average Bonchev–Trinajstić information content (AvgIpc) is 2.79. The summed E-state index contributed by atoms with van der Waals surface area (Å²) in [5, 5.41) is 0. The number of anilines is 2. The molecule has 1 aliphatic heterocycles. The van der Waals surface area contributed by atoms with Crippen LogP contribution in [0.15, 0.2) is 47.4 Å². The van der Waals surface area contributed by atoms with Gasteiger partial charge in [-0.15, -0.1) is 11.8 Å². The summed E-state index contributed by atoms with van der Waals surface area (Å²) in [7, 11) is 1.76. The fourth-order valence-corrected chi connectivity index (χ4v) is 5.26. The first-order valence-electron chi connectivity index (χ1n) is 9.15. The van der Waals surface area contributed by atoms with Gasteiger partial charge >= 0.3 is 0 Å². The molecule has 0 aliphatic carbocycles. The van der Waals surface area contributed by atoms with E-state index in [1.807, 2.05) is 11.8 Å². The predicted octanol–water partition coefficient (Wildman–Crippen LogP) is 6.30. The van der Waals surface area contributed by atoms with E-state index >= 15 is 0 Å². The van der Waals surface area contributed by atoms with Gasteiger partial charge in [0.15, 0.2) is 0 Å². The predicted molar refractivity (Wildman–Crippen MR) is 109 cm³/mol. The molecule has 1 aliphatic rings. The first-order chi connectivity index (χ1) is 12.0. The smallest absolute Gasteiger partial charge is 0.123 e. The van der Waals surface area contributed by atoms with Crippen molar-refractivity contribution in [2.45, 2.75) is 39.0 Å². The minimum absolute atomic E-state index is 0.292. The van der Waals surface area contributed by atoms with E-state index in [1.54, 1.807) is 7.11 Å². The standard InChI is InChI=1S/C22H29NOS/c1-6-22(16(2)3)14-23(18-10-8-7-9-11-18)19-12-17(4)20(24-5)13-21(19)25-15-22/h7-13,16H,6,14-15H2,1-5H3. The summed E-state index contributed by atoms with van der Waals surface area (Å²) < 4.78 is 5.59. The molecular formula is C22H29NOS. The molecule has 1 unspecified atom stereocenters. The van der Waals surface area contributed by atoms with Crippen LogP contribution in [0, 0.1) is 18.3 Å². The summed E-state index contributed by atoms with van der Waals surface area (Å²) in [4.78, 5) is 3.84. The van der Waals surface area contributed by atoms with Crippen LogP contribution in [0.3, 0.4) is 0 Å². The zero-order valence-electron chi connectivity index (χ0n) is 16.0. The Balaban J connectivity index is 2.16. The van der Waals surface area contributed by atoms with Crippen molar-refractivity contribution < 1.29 is 4.74 Å². The Hall–Kier alpha value is -1.61. The number of ether oxygens (including phenoxy) is 1. The number of fused-ring (bicyclic) bond motifs is 1. The van der Waals surface area contributed by atoms with Crippen molar-refractivity contribution in [2.75, 3.05) is 24.3 Å². The van der Waals surface area contributed by atoms with E-state index < -0.39 is 0 Å². The molecule has 1 heterocycles. The van der Waals surface area contributed by atoms with Crippen LogP contribution in [0.1, 0.15) is 32.8 Å². The monoisotopic (exact) mass is 355 g/mol. The Bertz CT molecular complexity index is 728. The van der Waals surface area contributed by atoms with Crippen molar-refractivity contribution in [3.63, 3.8) is 0 Å². The van der Waals surface area contributed by atoms with Gasteiger partial charge in [-0.3, -0.25) is 0 Å². The molecule has 2 nitrogen and oxygen atoms in total. The molecule has 134 valence electrons. The maximum Gasteiger partial charge on any atom is 0.123 e. The molecule has 2 aromatic rings. The Morgan fingerprint density at radius 1 is 1.20 bits per heavy atom. The van der Waals surface area contributed by atoms with E-state index in [0.29, 0.717) is 11.3 Å². The third-order valence-corrected chi connectivity index (χ3v) is 7.11. The van der Waals surface area contributed by atoms with Crippen LogP contribution in [0.5, 0.6) is 5.75 Å². The van der Waals surface area contributed by atoms with Crippen LogP contribution >= 0.6 is 11.8 Å². The van der Waals surface area contributed by atoms with E-state index in [-0.39, 0.29) is 0 Å². The molecule has 0 spiro atoms. The molecule has 0 N–H and O–H groups in total. The molecule has 0 amide bonds. The molecule has 0 saturated heterocycles. The fourth-order valence-electron chi connectivity index (χ4n) is 3.68. The number of hydrogen-bond acceptors (Lipinski definition) is 3. The van der Waals surface area contributed by atoms with E-state index in [4.69, 9.17) is 4.74 Å². The maximum absolute atomic E-state index is 5.59. The van der Waals surface area contributed by atoms with Gasteiger partial charge in [0.2, 0.25) is 0 Å². The van der Waals surface area contributed by atoms with Gasteiger partial charge < -0.3 is 9.64 Å². The molecule has 0 saturated carbocycles. The fraction of sp³-hybridized carbons (Fsp3) is 0.455. The van der Waals surface area contributed by atoms with Gasteiger partial charge in [0.1, 0.15) is 5.75 Å². The summed E-state index contributed by atoms with van der Waals surface area (Å²) >= 11 is 1.98. The summed E-state index contributed by atoms with van der Waals surface area (Å²) in [6.07, 6.45) is 1.19. The van der Waals surface area contributed by atoms with E-state index in [1.165, 1.54) is 28.3 Å². The number of benzene rings is 2. The van der Waals surface area contributed by atoms with E-state index in [2.05, 4.69) is 75.1 Å². The second-order valence-corrected chi connectivity index (χ2v) is 8.39. The van der Waals surface area contributed by atoms with Gasteiger partial charge in [-0.05, 0) is 54.5 Å². The molecule has 0 fully saturated rings. The van der Waals surface area contributed by atoms with Gasteiger partial charge in [-0.2, -0.15) is 0 Å². The van der Waals surface area contributed by atoms with Crippen LogP contribution < -0.4 is 9.64 Å². The number of thioether (sulfide) groups is 1. The Labute approximate surface area is 156 Å². The van der Waals surface area contributed by atoms with Gasteiger partial charge in [-0.1, -0.05) is 39.0 Å². The highest BCUT2D eigenvalue weighted by Gasteiger charge is 2.38. The van der Waals surface area contributed by atoms with Crippen molar-refractivity contribution in [3.05, 3.63) is 48.0 Å². The number of rotatable bonds is 4. The van der Waals surface area contributed by atoms with E-state index in [9.17, 15) is 0 Å². The lowest BCUT2D eigenvalue weighted by molar-refractivity contribution is 0.227. The highest BCUT2D eigenvalue weighted by molar-refractivity contribution is 7.99. The lowest BCUT2D eigenvalue weighted by atomic mass is 9.76. The highest BCUT2D eigenvalue weighted by atomic mass is 32.2. The number of nitrogens with zero attached hydrogens (tertiary/aromatic N) is 1. The number of methoxy groups -OCH3 is 1. The van der Waals surface area contributed by atoms with Crippen molar-refractivity contribution in [2.24, 2.45) is 11.3 Å². The molecule has 0 radical (unpaired) electrons. The first-order valence-corrected chi connectivity index (χ1v) is 10.1. The van der Waals surface area contributed by atoms with Crippen LogP contribution in [-0.4, -0.2) is 19.4 Å². The molecular weight excluding hydrogens is 326 g/mol. The molecule has 3 heteroatoms. The summed E-state index contributed by atoms with van der Waals surface area (Å²) in [6, 6.07) is 15.3. The van der Waals surface area contributed by atoms with Gasteiger partial charge in [0.25, 0.3) is 0 Å². The van der Waals surface area contributed by atoms with Crippen LogP contribution in [-0.2, 0) is 0 Å². The largest absolute Gasteiger partial charge is 0.496 e. The van der Waals surface area contributed by atoms with Gasteiger partial charge in [0, 0.05) is 22.9 Å². The Morgan fingerprint density at radius 3 is 2.52 bits per heavy atom. The van der Waals surface area contributed by atoms with Crippen molar-refractivity contribution in [3.8, 4) is 5.75 Å². The second-order valence-electron chi connectivity index (χ2n) is 7.37. The molecule has 2 aromatic carbocycles. The number of hydrogen-bond donors (Lipinski definition) is 0. The van der Waals surface area contributed by atoms with Crippen LogP contribution in [0.25, 0.3) is 0 Å². The Morgan fingerprint density at radius 2 is 1.92 bits per heavy atom. The van der Waals surface area contributed by atoms with Gasteiger partial charge in [-0.25, -0.2) is 0 Å². The zero-order chi connectivity index (χ0) is 18.0. The number of aryl methyl sites for hydroxylation is 1. The summed E-state index contributed by atoms with van der Waals surface area (Å²) in [5.41, 5.74) is 4.07. The van der Waals surface area contributed by atoms with Crippen molar-refractivity contribution in [1.29, 1.82) is 0 Å². The minimum Gasteiger partial charge on any atom is -0.496 e. The number of para-hydroxylation sites is 1. The van der Waals surface area contributed by atoms with Crippen LogP contribution in [0.2, 0.25) is 0 Å². The summed E-state index contributed by atoms with van der Waals surface area (Å²) in [6.45, 7) is 10.3. The summed E-state index contributed by atoms with van der Waals surface area (Å²) in [5.74, 6) is 2.75. The minimum atomic E-state index is 0.292. The third kappa shape index (κ3) is 3.39. The topological polar surface area (TPSA) is 12.5 Å². The quantitative estimate of drug-likeness (QED) is 0.638. The first kappa shape index (κ1) is 18.2. The molecule has 25 heavy (non-hydrogen) atoms. The average molecular weight is 356 g/mol. The van der Waals surface area contributed by atoms with E-state index in [0.717, 1.165) is 18.0 Å². The normalized spacial score (nSPS) is 20.3. The van der Waals surface area contributed by atoms with Crippen molar-refractivity contribution in [1.82, 2.24) is 0 Å². The maximum atomic E-state index is 5.59. The SMILES string of the molecule is CCC1(C(C)C)CSc2cc(OC)c(C)cc2N(c2ccccc2)C1. The zero-order valence-corrected chi connectivity index (χ0v) is 16.8. The highest BCUT2D eigenvalue weighted by Crippen LogP contribution is 2.48.